The molecule has 3 N–H and O–H groups in total. The molecule has 0 aromatic carbocycles. The maximum atomic E-state index is 12.1. The van der Waals surface area contributed by atoms with Crippen LogP contribution >= 0.6 is 0 Å². The summed E-state index contributed by atoms with van der Waals surface area (Å²) in [5, 5.41) is 9.30. The number of carbonyl (C=O) groups is 3. The molecule has 0 aromatic heterocycles. The third-order valence-corrected chi connectivity index (χ3v) is 2.99. The number of unbranched alkanes of at least 4 members (excludes halogenated alkanes) is 1. The van der Waals surface area contributed by atoms with Crippen molar-refractivity contribution in [2.75, 3.05) is 6.54 Å². The maximum Gasteiger partial charge on any atom is 0.326 e. The highest BCUT2D eigenvalue weighted by Gasteiger charge is 2.33. The Morgan fingerprint density at radius 3 is 1.90 bits per heavy atom. The molecule has 0 bridgehead atoms. The Kier molecular flexibility index (Phi) is 9.63. The first-order chi connectivity index (χ1) is 9.49. The summed E-state index contributed by atoms with van der Waals surface area (Å²) < 4.78 is 0. The van der Waals surface area contributed by atoms with Crippen molar-refractivity contribution < 1.29 is 19.5 Å². The average molecular weight is 286 g/mol. The quantitative estimate of drug-likeness (QED) is 0.593. The molecule has 0 saturated heterocycles. The molecule has 0 rings (SSSR count). The monoisotopic (exact) mass is 286 g/mol. The summed E-state index contributed by atoms with van der Waals surface area (Å²) in [5.74, 6) is -1.92. The molecule has 0 aliphatic rings. The molecule has 1 atom stereocenters. The van der Waals surface area contributed by atoms with Gasteiger partial charge in [-0.25, -0.2) is 4.79 Å². The van der Waals surface area contributed by atoms with Gasteiger partial charge in [-0.2, -0.15) is 0 Å². The molecule has 0 saturated carbocycles. The molecule has 0 unspecified atom stereocenters. The van der Waals surface area contributed by atoms with E-state index in [-0.39, 0.29) is 19.3 Å². The van der Waals surface area contributed by atoms with Crippen LogP contribution in [0.3, 0.4) is 0 Å². The number of carboxylic acids is 1. The molecule has 0 spiro atoms. The highest BCUT2D eigenvalue weighted by molar-refractivity contribution is 5.99. The minimum atomic E-state index is -1.13. The second-order valence-corrected chi connectivity index (χ2v) is 4.80. The van der Waals surface area contributed by atoms with E-state index < -0.39 is 23.8 Å². The van der Waals surface area contributed by atoms with Gasteiger partial charge in [0.25, 0.3) is 0 Å². The zero-order valence-corrected chi connectivity index (χ0v) is 12.4. The van der Waals surface area contributed by atoms with E-state index >= 15 is 0 Å². The predicted molar refractivity (Wildman–Crippen MR) is 76.0 cm³/mol. The van der Waals surface area contributed by atoms with Gasteiger partial charge in [0.15, 0.2) is 0 Å². The van der Waals surface area contributed by atoms with Gasteiger partial charge in [0.05, 0.1) is 0 Å². The number of amides is 2. The molecule has 6 nitrogen and oxygen atoms in total. The fourth-order valence-electron chi connectivity index (χ4n) is 2.00. The number of carbonyl (C=O) groups excluding carboxylic acids is 2. The molecular weight excluding hydrogens is 260 g/mol. The standard InChI is InChI=1S/C14H26N2O4/c1-3-7-12(17)16(13(18)8-4-2)11(14(19)20)9-5-6-10-15/h11H,3-10,15H2,1-2H3,(H,19,20)/t11-/m0/s1. The van der Waals surface area contributed by atoms with Crippen molar-refractivity contribution in [1.29, 1.82) is 0 Å². The summed E-state index contributed by atoms with van der Waals surface area (Å²) >= 11 is 0. The second kappa shape index (κ2) is 10.4. The lowest BCUT2D eigenvalue weighted by atomic mass is 10.1. The van der Waals surface area contributed by atoms with Gasteiger partial charge in [-0.15, -0.1) is 0 Å². The number of nitrogens with two attached hydrogens (primary N) is 1. The Balaban J connectivity index is 5.03. The van der Waals surface area contributed by atoms with Gasteiger partial charge in [-0.1, -0.05) is 13.8 Å². The van der Waals surface area contributed by atoms with Crippen LogP contribution in [0.1, 0.15) is 58.8 Å². The van der Waals surface area contributed by atoms with Crippen molar-refractivity contribution in [2.45, 2.75) is 64.8 Å². The summed E-state index contributed by atoms with van der Waals surface area (Å²) in [4.78, 5) is 36.4. The Labute approximate surface area is 120 Å². The Morgan fingerprint density at radius 1 is 1.05 bits per heavy atom. The van der Waals surface area contributed by atoms with Crippen LogP contribution in [0.15, 0.2) is 0 Å². The molecule has 20 heavy (non-hydrogen) atoms. The van der Waals surface area contributed by atoms with Crippen molar-refractivity contribution in [3.63, 3.8) is 0 Å². The number of carboxylic acid groups (broad SMARTS) is 1. The molecule has 2 amide bonds. The van der Waals surface area contributed by atoms with Crippen molar-refractivity contribution in [2.24, 2.45) is 5.73 Å². The first-order valence-corrected chi connectivity index (χ1v) is 7.27. The fourth-order valence-corrected chi connectivity index (χ4v) is 2.00. The fraction of sp³-hybridized carbons (Fsp3) is 0.786. The van der Waals surface area contributed by atoms with Gasteiger partial charge in [0.2, 0.25) is 11.8 Å². The normalized spacial score (nSPS) is 11.9. The third kappa shape index (κ3) is 6.14. The molecular formula is C14H26N2O4. The number of hydrogen-bond acceptors (Lipinski definition) is 4. The van der Waals surface area contributed by atoms with E-state index in [1.165, 1.54) is 0 Å². The van der Waals surface area contributed by atoms with Gasteiger partial charge in [0, 0.05) is 12.8 Å². The summed E-state index contributed by atoms with van der Waals surface area (Å²) in [7, 11) is 0. The largest absolute Gasteiger partial charge is 0.480 e. The van der Waals surface area contributed by atoms with E-state index in [4.69, 9.17) is 5.73 Å². The van der Waals surface area contributed by atoms with Crippen LogP contribution in [0.4, 0.5) is 0 Å². The molecule has 0 aliphatic heterocycles. The van der Waals surface area contributed by atoms with Gasteiger partial charge in [0.1, 0.15) is 6.04 Å². The smallest absolute Gasteiger partial charge is 0.326 e. The summed E-state index contributed by atoms with van der Waals surface area (Å²) in [5.41, 5.74) is 5.39. The van der Waals surface area contributed by atoms with Crippen LogP contribution in [-0.4, -0.2) is 40.4 Å². The highest BCUT2D eigenvalue weighted by atomic mass is 16.4. The SMILES string of the molecule is CCCC(=O)N(C(=O)CCC)[C@@H](CCCCN)C(=O)O. The number of rotatable bonds is 10. The van der Waals surface area contributed by atoms with Crippen molar-refractivity contribution in [3.05, 3.63) is 0 Å². The molecule has 0 aliphatic carbocycles. The van der Waals surface area contributed by atoms with E-state index in [0.717, 1.165) is 4.90 Å². The summed E-state index contributed by atoms with van der Waals surface area (Å²) in [6, 6.07) is -1.07. The third-order valence-electron chi connectivity index (χ3n) is 2.99. The molecule has 0 heterocycles. The highest BCUT2D eigenvalue weighted by Crippen LogP contribution is 2.14. The predicted octanol–water partition coefficient (Wildman–Crippen LogP) is 1.52. The first-order valence-electron chi connectivity index (χ1n) is 7.27. The lowest BCUT2D eigenvalue weighted by Crippen LogP contribution is -2.48. The maximum absolute atomic E-state index is 12.1. The minimum absolute atomic E-state index is 0.191. The van der Waals surface area contributed by atoms with E-state index in [9.17, 15) is 19.5 Å². The number of imide groups is 1. The van der Waals surface area contributed by atoms with Gasteiger partial charge >= 0.3 is 5.97 Å². The first kappa shape index (κ1) is 18.6. The Hall–Kier alpha value is -1.43. The number of hydrogen-bond donors (Lipinski definition) is 2. The van der Waals surface area contributed by atoms with E-state index in [2.05, 4.69) is 0 Å². The minimum Gasteiger partial charge on any atom is -0.480 e. The lowest BCUT2D eigenvalue weighted by molar-refractivity contribution is -0.158. The number of aliphatic carboxylic acids is 1. The van der Waals surface area contributed by atoms with Gasteiger partial charge in [-0.3, -0.25) is 14.5 Å². The van der Waals surface area contributed by atoms with E-state index in [1.54, 1.807) is 0 Å². The average Bonchev–Trinajstić information content (AvgIpc) is 2.38. The molecule has 0 aromatic rings. The van der Waals surface area contributed by atoms with Crippen LogP contribution < -0.4 is 5.73 Å². The van der Waals surface area contributed by atoms with Gasteiger partial charge < -0.3 is 10.8 Å². The van der Waals surface area contributed by atoms with E-state index in [1.807, 2.05) is 13.8 Å². The topological polar surface area (TPSA) is 101 Å². The van der Waals surface area contributed by atoms with Crippen LogP contribution in [0.5, 0.6) is 0 Å². The van der Waals surface area contributed by atoms with Crippen LogP contribution in [0.25, 0.3) is 0 Å². The molecule has 0 radical (unpaired) electrons. The van der Waals surface area contributed by atoms with Crippen molar-refractivity contribution in [3.8, 4) is 0 Å². The zero-order chi connectivity index (χ0) is 15.5. The van der Waals surface area contributed by atoms with Crippen LogP contribution in [0.2, 0.25) is 0 Å². The summed E-state index contributed by atoms with van der Waals surface area (Å²) in [6.07, 6.45) is 3.09. The van der Waals surface area contributed by atoms with Crippen molar-refractivity contribution in [1.82, 2.24) is 4.90 Å². The molecule has 0 fully saturated rings. The van der Waals surface area contributed by atoms with Crippen LogP contribution in [-0.2, 0) is 14.4 Å². The molecule has 6 heteroatoms. The second-order valence-electron chi connectivity index (χ2n) is 4.80. The summed E-state index contributed by atoms with van der Waals surface area (Å²) in [6.45, 7) is 4.12. The van der Waals surface area contributed by atoms with Crippen LogP contribution in [0, 0.1) is 0 Å². The number of nitrogens with zero attached hydrogens (tertiary/aromatic N) is 1. The lowest BCUT2D eigenvalue weighted by Gasteiger charge is -2.27. The van der Waals surface area contributed by atoms with Crippen molar-refractivity contribution >= 4 is 17.8 Å². The van der Waals surface area contributed by atoms with Gasteiger partial charge in [-0.05, 0) is 38.6 Å². The molecule has 116 valence electrons. The Morgan fingerprint density at radius 2 is 1.55 bits per heavy atom. The van der Waals surface area contributed by atoms with E-state index in [0.29, 0.717) is 32.2 Å². The zero-order valence-electron chi connectivity index (χ0n) is 12.4. The Bertz CT molecular complexity index is 313.